The maximum atomic E-state index is 14.2. The molecular formula is C30H23ClN2O5S. The zero-order chi connectivity index (χ0) is 27.4. The van der Waals surface area contributed by atoms with Crippen molar-refractivity contribution in [2.75, 3.05) is 0 Å². The van der Waals surface area contributed by atoms with Crippen LogP contribution in [-0.2, 0) is 26.8 Å². The van der Waals surface area contributed by atoms with Crippen LogP contribution in [0.4, 0.5) is 0 Å². The molecule has 3 aromatic carbocycles. The summed E-state index contributed by atoms with van der Waals surface area (Å²) in [5.41, 5.74) is -2.20. The number of ether oxygens (including phenoxy) is 1. The van der Waals surface area contributed by atoms with E-state index in [4.69, 9.17) is 16.3 Å². The summed E-state index contributed by atoms with van der Waals surface area (Å²) in [6, 6.07) is 27.5. The van der Waals surface area contributed by atoms with Gasteiger partial charge in [-0.1, -0.05) is 84.4 Å². The largest absolute Gasteiger partial charge is 0.476 e. The van der Waals surface area contributed by atoms with Crippen molar-refractivity contribution in [3.05, 3.63) is 130 Å². The fraction of sp³-hybridized carbons (Fsp3) is 0.200. The summed E-state index contributed by atoms with van der Waals surface area (Å²) in [4.78, 5) is 4.34. The molecule has 2 aliphatic rings. The van der Waals surface area contributed by atoms with E-state index in [2.05, 4.69) is 11.1 Å². The quantitative estimate of drug-likeness (QED) is 0.376. The number of pyridine rings is 1. The third-order valence-corrected chi connectivity index (χ3v) is 10.1. The van der Waals surface area contributed by atoms with E-state index in [1.165, 1.54) is 12.3 Å². The predicted molar refractivity (Wildman–Crippen MR) is 145 cm³/mol. The van der Waals surface area contributed by atoms with Gasteiger partial charge in [0.15, 0.2) is 21.0 Å². The van der Waals surface area contributed by atoms with E-state index in [0.29, 0.717) is 22.3 Å². The second-order valence-electron chi connectivity index (χ2n) is 9.88. The average molecular weight is 559 g/mol. The lowest BCUT2D eigenvalue weighted by molar-refractivity contribution is -0.150. The molecule has 0 saturated heterocycles. The van der Waals surface area contributed by atoms with Crippen LogP contribution in [0.3, 0.4) is 0 Å². The van der Waals surface area contributed by atoms with E-state index < -0.39 is 38.3 Å². The van der Waals surface area contributed by atoms with Gasteiger partial charge in [-0.25, -0.2) is 8.42 Å². The Morgan fingerprint density at radius 1 is 1.00 bits per heavy atom. The maximum Gasteiger partial charge on any atom is 0.182 e. The number of hydrogen-bond acceptors (Lipinski definition) is 7. The van der Waals surface area contributed by atoms with Crippen LogP contribution in [0.25, 0.3) is 0 Å². The molecule has 0 spiro atoms. The van der Waals surface area contributed by atoms with Crippen LogP contribution in [0.1, 0.15) is 33.9 Å². The highest BCUT2D eigenvalue weighted by atomic mass is 35.5. The number of aromatic nitrogens is 1. The number of aliphatic hydroxyl groups excluding tert-OH is 1. The van der Waals surface area contributed by atoms with Crippen molar-refractivity contribution in [2.24, 2.45) is 0 Å². The molecule has 1 saturated carbocycles. The molecule has 2 N–H and O–H groups in total. The first-order chi connectivity index (χ1) is 18.7. The lowest BCUT2D eigenvalue weighted by atomic mass is 9.72. The fourth-order valence-corrected chi connectivity index (χ4v) is 8.52. The monoisotopic (exact) mass is 558 g/mol. The van der Waals surface area contributed by atoms with Crippen LogP contribution >= 0.6 is 11.6 Å². The SMILES string of the molecule is N#Cc1ccc([C@@]23Oc4cc(Cl)cnc4[C@]2(O)[C@H](O)[C@H](S(=O)(=O)Cc2ccccc2)[C@H]3c2ccccc2)cc1. The number of aliphatic hydroxyl groups is 2. The summed E-state index contributed by atoms with van der Waals surface area (Å²) in [6.07, 6.45) is -0.492. The van der Waals surface area contributed by atoms with Crippen LogP contribution in [-0.4, -0.2) is 35.0 Å². The van der Waals surface area contributed by atoms with Gasteiger partial charge in [0.2, 0.25) is 0 Å². The molecule has 1 fully saturated rings. The highest BCUT2D eigenvalue weighted by Gasteiger charge is 2.78. The number of halogens is 1. The minimum absolute atomic E-state index is 0.00195. The third-order valence-electron chi connectivity index (χ3n) is 7.75. The van der Waals surface area contributed by atoms with Gasteiger partial charge >= 0.3 is 0 Å². The van der Waals surface area contributed by atoms with Crippen molar-refractivity contribution in [2.45, 2.75) is 34.2 Å². The number of benzene rings is 3. The van der Waals surface area contributed by atoms with E-state index in [1.807, 2.05) is 0 Å². The first-order valence-corrected chi connectivity index (χ1v) is 14.4. The first-order valence-electron chi connectivity index (χ1n) is 12.3. The molecule has 1 aliphatic heterocycles. The van der Waals surface area contributed by atoms with Gasteiger partial charge in [-0.2, -0.15) is 5.26 Å². The number of nitrogens with zero attached hydrogens (tertiary/aromatic N) is 2. The average Bonchev–Trinajstić information content (AvgIpc) is 3.32. The van der Waals surface area contributed by atoms with Crippen LogP contribution in [0.5, 0.6) is 5.75 Å². The highest BCUT2D eigenvalue weighted by molar-refractivity contribution is 7.91. The zero-order valence-corrected chi connectivity index (χ0v) is 22.0. The molecule has 9 heteroatoms. The Balaban J connectivity index is 1.65. The van der Waals surface area contributed by atoms with Crippen molar-refractivity contribution in [3.8, 4) is 11.8 Å². The lowest BCUT2D eigenvalue weighted by Gasteiger charge is -2.40. The van der Waals surface area contributed by atoms with Crippen molar-refractivity contribution in [1.82, 2.24) is 4.98 Å². The van der Waals surface area contributed by atoms with E-state index in [9.17, 15) is 23.9 Å². The summed E-state index contributed by atoms with van der Waals surface area (Å²) in [5.74, 6) is -1.26. The summed E-state index contributed by atoms with van der Waals surface area (Å²) in [6.45, 7) is 0. The molecule has 0 unspecified atom stereocenters. The minimum atomic E-state index is -4.11. The smallest absolute Gasteiger partial charge is 0.182 e. The van der Waals surface area contributed by atoms with Gasteiger partial charge < -0.3 is 14.9 Å². The van der Waals surface area contributed by atoms with Crippen molar-refractivity contribution in [1.29, 1.82) is 5.26 Å². The fourth-order valence-electron chi connectivity index (χ4n) is 6.17. The minimum Gasteiger partial charge on any atom is -0.476 e. The molecule has 1 aliphatic carbocycles. The highest BCUT2D eigenvalue weighted by Crippen LogP contribution is 2.67. The molecule has 2 heterocycles. The topological polar surface area (TPSA) is 121 Å². The molecular weight excluding hydrogens is 536 g/mol. The molecule has 0 bridgehead atoms. The van der Waals surface area contributed by atoms with Gasteiger partial charge in [0.1, 0.15) is 22.8 Å². The Bertz CT molecular complexity index is 1690. The zero-order valence-electron chi connectivity index (χ0n) is 20.5. The maximum absolute atomic E-state index is 14.2. The Labute approximate surface area is 230 Å². The Kier molecular flexibility index (Phi) is 6.01. The first kappa shape index (κ1) is 25.5. The van der Waals surface area contributed by atoms with Gasteiger partial charge in [-0.3, -0.25) is 4.98 Å². The normalized spacial score (nSPS) is 27.3. The van der Waals surface area contributed by atoms with Gasteiger partial charge in [-0.15, -0.1) is 0 Å². The Morgan fingerprint density at radius 2 is 1.64 bits per heavy atom. The van der Waals surface area contributed by atoms with E-state index >= 15 is 0 Å². The molecule has 4 aromatic rings. The third kappa shape index (κ3) is 3.69. The molecule has 7 nitrogen and oxygen atoms in total. The van der Waals surface area contributed by atoms with Gasteiger partial charge in [0, 0.05) is 12.3 Å². The van der Waals surface area contributed by atoms with Crippen LogP contribution in [0.15, 0.2) is 97.2 Å². The molecule has 0 amide bonds. The lowest BCUT2D eigenvalue weighted by Crippen LogP contribution is -2.52. The summed E-state index contributed by atoms with van der Waals surface area (Å²) in [5, 5.41) is 32.7. The molecule has 39 heavy (non-hydrogen) atoms. The summed E-state index contributed by atoms with van der Waals surface area (Å²) < 4.78 is 35.0. The Hall–Kier alpha value is -3.74. The van der Waals surface area contributed by atoms with Crippen LogP contribution < -0.4 is 4.74 Å². The van der Waals surface area contributed by atoms with Gasteiger partial charge in [0.25, 0.3) is 0 Å². The second kappa shape index (κ2) is 9.18. The molecule has 1 aromatic heterocycles. The predicted octanol–water partition coefficient (Wildman–Crippen LogP) is 4.22. The van der Waals surface area contributed by atoms with Crippen molar-refractivity contribution >= 4 is 21.4 Å². The summed E-state index contributed by atoms with van der Waals surface area (Å²) >= 11 is 6.22. The van der Waals surface area contributed by atoms with E-state index in [1.54, 1.807) is 84.9 Å². The van der Waals surface area contributed by atoms with Gasteiger partial charge in [0.05, 0.1) is 28.3 Å². The van der Waals surface area contributed by atoms with Crippen molar-refractivity contribution in [3.63, 3.8) is 0 Å². The number of rotatable bonds is 5. The van der Waals surface area contributed by atoms with Gasteiger partial charge in [-0.05, 0) is 28.8 Å². The standard InChI is InChI=1S/C30H23ClN2O5S/c31-23-15-24-27(33-17-23)29(35)28(34)26(39(36,37)18-20-7-3-1-4-8-20)25(21-9-5-2-6-10-21)30(29,38-24)22-13-11-19(16-32)12-14-22/h1-15,17,25-26,28,34-35H,18H2/t25-,26-,28-,29+,30+/m1/s1. The van der Waals surface area contributed by atoms with Crippen LogP contribution in [0, 0.1) is 11.3 Å². The van der Waals surface area contributed by atoms with E-state index in [0.717, 1.165) is 0 Å². The molecule has 0 radical (unpaired) electrons. The number of fused-ring (bicyclic) bond motifs is 3. The molecule has 6 rings (SSSR count). The van der Waals surface area contributed by atoms with Crippen LogP contribution in [0.2, 0.25) is 5.02 Å². The summed E-state index contributed by atoms with van der Waals surface area (Å²) in [7, 11) is -4.11. The Morgan fingerprint density at radius 3 is 2.28 bits per heavy atom. The van der Waals surface area contributed by atoms with E-state index in [-0.39, 0.29) is 22.2 Å². The number of hydrogen-bond donors (Lipinski definition) is 2. The second-order valence-corrected chi connectivity index (χ2v) is 12.5. The molecule has 196 valence electrons. The molecule has 5 atom stereocenters. The number of sulfone groups is 1. The van der Waals surface area contributed by atoms with Crippen molar-refractivity contribution < 1.29 is 23.4 Å². The number of nitriles is 1.